The maximum atomic E-state index is 5.71. The predicted molar refractivity (Wildman–Crippen MR) is 126 cm³/mol. The van der Waals surface area contributed by atoms with Crippen LogP contribution in [0.3, 0.4) is 0 Å². The first-order valence-corrected chi connectivity index (χ1v) is 11.3. The van der Waals surface area contributed by atoms with Crippen LogP contribution in [-0.2, 0) is 0 Å². The number of methoxy groups -OCH3 is 1. The average molecular weight is 424 g/mol. The largest absolute Gasteiger partial charge is 0.497 e. The highest BCUT2D eigenvalue weighted by Crippen LogP contribution is 2.33. The molecule has 31 heavy (non-hydrogen) atoms. The fourth-order valence-electron chi connectivity index (χ4n) is 4.06. The fraction of sp³-hybridized carbons (Fsp3) is 0.522. The zero-order valence-electron chi connectivity index (χ0n) is 18.8. The third-order valence-electron chi connectivity index (χ3n) is 5.70. The number of nitrogens with two attached hydrogens (primary N) is 1. The van der Waals surface area contributed by atoms with E-state index >= 15 is 0 Å². The van der Waals surface area contributed by atoms with E-state index in [0.29, 0.717) is 6.54 Å². The molecule has 2 aromatic heterocycles. The van der Waals surface area contributed by atoms with Crippen molar-refractivity contribution in [3.05, 3.63) is 24.3 Å². The minimum atomic E-state index is 0.197. The van der Waals surface area contributed by atoms with E-state index in [-0.39, 0.29) is 6.04 Å². The molecular weight excluding hydrogens is 390 g/mol. The highest BCUT2D eigenvalue weighted by Gasteiger charge is 2.23. The molecule has 1 aromatic carbocycles. The number of rotatable bonds is 8. The molecule has 1 aliphatic rings. The molecule has 0 saturated carbocycles. The monoisotopic (exact) mass is 423 g/mol. The van der Waals surface area contributed by atoms with Gasteiger partial charge in [-0.05, 0) is 70.3 Å². The van der Waals surface area contributed by atoms with Gasteiger partial charge in [0, 0.05) is 31.2 Å². The lowest BCUT2D eigenvalue weighted by molar-refractivity contribution is 0.415. The average Bonchev–Trinajstić information content (AvgIpc) is 3.20. The molecule has 0 aliphatic carbocycles. The topological polar surface area (TPSA) is 94.1 Å². The number of hydrogen-bond acceptors (Lipinski definition) is 7. The summed E-state index contributed by atoms with van der Waals surface area (Å²) in [5.41, 5.74) is 8.41. The van der Waals surface area contributed by atoms with Crippen molar-refractivity contribution in [1.82, 2.24) is 19.5 Å². The molecule has 4 rings (SSSR count). The first kappa shape index (κ1) is 21.4. The van der Waals surface area contributed by atoms with Crippen LogP contribution in [0.1, 0.15) is 45.6 Å². The first-order chi connectivity index (χ1) is 15.1. The lowest BCUT2D eigenvalue weighted by Gasteiger charge is -2.27. The molecule has 3 heterocycles. The van der Waals surface area contributed by atoms with Gasteiger partial charge in [-0.15, -0.1) is 0 Å². The minimum Gasteiger partial charge on any atom is -0.497 e. The molecule has 3 aromatic rings. The molecule has 8 nitrogen and oxygen atoms in total. The summed E-state index contributed by atoms with van der Waals surface area (Å²) in [4.78, 5) is 17.2. The van der Waals surface area contributed by atoms with E-state index < -0.39 is 0 Å². The zero-order valence-corrected chi connectivity index (χ0v) is 18.8. The van der Waals surface area contributed by atoms with Crippen molar-refractivity contribution in [3.8, 4) is 17.1 Å². The second-order valence-electron chi connectivity index (χ2n) is 8.29. The molecule has 0 amide bonds. The van der Waals surface area contributed by atoms with Gasteiger partial charge in [0.25, 0.3) is 0 Å². The van der Waals surface area contributed by atoms with E-state index in [2.05, 4.69) is 28.6 Å². The van der Waals surface area contributed by atoms with Gasteiger partial charge in [-0.3, -0.25) is 0 Å². The fourth-order valence-corrected chi connectivity index (χ4v) is 4.06. The van der Waals surface area contributed by atoms with Crippen LogP contribution in [0, 0.1) is 0 Å². The van der Waals surface area contributed by atoms with Crippen LogP contribution < -0.4 is 20.7 Å². The van der Waals surface area contributed by atoms with E-state index in [4.69, 9.17) is 25.4 Å². The van der Waals surface area contributed by atoms with Crippen molar-refractivity contribution in [2.45, 2.75) is 45.6 Å². The second kappa shape index (κ2) is 9.51. The van der Waals surface area contributed by atoms with Crippen LogP contribution >= 0.6 is 0 Å². The number of aromatic nitrogens is 4. The van der Waals surface area contributed by atoms with Crippen LogP contribution in [0.5, 0.6) is 5.75 Å². The number of anilines is 2. The Bertz CT molecular complexity index is 1010. The molecule has 1 fully saturated rings. The van der Waals surface area contributed by atoms with Crippen LogP contribution in [0.4, 0.5) is 11.8 Å². The minimum absolute atomic E-state index is 0.197. The molecule has 1 saturated heterocycles. The molecule has 8 heteroatoms. The van der Waals surface area contributed by atoms with E-state index in [9.17, 15) is 0 Å². The molecule has 0 bridgehead atoms. The maximum Gasteiger partial charge on any atom is 0.229 e. The Morgan fingerprint density at radius 2 is 1.81 bits per heavy atom. The summed E-state index contributed by atoms with van der Waals surface area (Å²) in [7, 11) is 1.68. The molecular formula is C23H33N7O. The summed E-state index contributed by atoms with van der Waals surface area (Å²) in [5.74, 6) is 3.28. The van der Waals surface area contributed by atoms with E-state index in [1.54, 1.807) is 7.11 Å². The van der Waals surface area contributed by atoms with Crippen LogP contribution in [0.25, 0.3) is 22.6 Å². The number of hydrogen-bond donors (Lipinski definition) is 2. The zero-order chi connectivity index (χ0) is 21.8. The molecule has 1 aliphatic heterocycles. The highest BCUT2D eigenvalue weighted by atomic mass is 16.5. The van der Waals surface area contributed by atoms with Crippen LogP contribution in [0.2, 0.25) is 0 Å². The number of piperidine rings is 1. The van der Waals surface area contributed by atoms with Gasteiger partial charge in [0.2, 0.25) is 5.95 Å². The number of ether oxygens (including phenoxy) is 1. The standard InChI is InChI=1S/C23H33N7O/c1-16(2)30-21(17-8-10-18(31-3)11-9-17)26-19-20(25-13-7-12-24)27-23(28-22(19)30)29-14-5-4-6-15-29/h8-11,16H,4-7,12-15,24H2,1-3H3,(H,25,27,28). The summed E-state index contributed by atoms with van der Waals surface area (Å²) in [5, 5.41) is 3.46. The summed E-state index contributed by atoms with van der Waals surface area (Å²) in [6.07, 6.45) is 4.50. The Balaban J connectivity index is 1.86. The SMILES string of the molecule is COc1ccc(-c2nc3c(NCCCN)nc(N4CCCCC4)nc3n2C(C)C)cc1. The van der Waals surface area contributed by atoms with Crippen molar-refractivity contribution in [1.29, 1.82) is 0 Å². The molecule has 0 spiro atoms. The Morgan fingerprint density at radius 3 is 2.45 bits per heavy atom. The third-order valence-corrected chi connectivity index (χ3v) is 5.70. The second-order valence-corrected chi connectivity index (χ2v) is 8.29. The summed E-state index contributed by atoms with van der Waals surface area (Å²) in [6.45, 7) is 7.71. The summed E-state index contributed by atoms with van der Waals surface area (Å²) >= 11 is 0. The van der Waals surface area contributed by atoms with Gasteiger partial charge in [-0.1, -0.05) is 0 Å². The summed E-state index contributed by atoms with van der Waals surface area (Å²) < 4.78 is 7.53. The number of nitrogens with zero attached hydrogens (tertiary/aromatic N) is 5. The molecule has 0 unspecified atom stereocenters. The molecule has 166 valence electrons. The van der Waals surface area contributed by atoms with Gasteiger partial charge >= 0.3 is 0 Å². The van der Waals surface area contributed by atoms with E-state index in [1.165, 1.54) is 19.3 Å². The predicted octanol–water partition coefficient (Wildman–Crippen LogP) is 3.83. The number of nitrogens with one attached hydrogen (secondary N) is 1. The summed E-state index contributed by atoms with van der Waals surface area (Å²) in [6, 6.07) is 8.21. The van der Waals surface area contributed by atoms with Crippen molar-refractivity contribution in [2.75, 3.05) is 43.5 Å². The van der Waals surface area contributed by atoms with Crippen molar-refractivity contribution in [3.63, 3.8) is 0 Å². The Kier molecular flexibility index (Phi) is 6.56. The van der Waals surface area contributed by atoms with Gasteiger partial charge in [0.1, 0.15) is 11.6 Å². The lowest BCUT2D eigenvalue weighted by Crippen LogP contribution is -2.31. The third kappa shape index (κ3) is 4.44. The normalized spacial score (nSPS) is 14.4. The van der Waals surface area contributed by atoms with Gasteiger partial charge in [0.05, 0.1) is 7.11 Å². The first-order valence-electron chi connectivity index (χ1n) is 11.3. The van der Waals surface area contributed by atoms with Gasteiger partial charge in [-0.2, -0.15) is 9.97 Å². The van der Waals surface area contributed by atoms with Crippen molar-refractivity contribution in [2.24, 2.45) is 5.73 Å². The Hall–Kier alpha value is -2.87. The maximum absolute atomic E-state index is 5.71. The lowest BCUT2D eigenvalue weighted by atomic mass is 10.1. The number of benzene rings is 1. The number of fused-ring (bicyclic) bond motifs is 1. The molecule has 3 N–H and O–H groups in total. The Labute approximate surface area is 183 Å². The molecule has 0 radical (unpaired) electrons. The smallest absolute Gasteiger partial charge is 0.229 e. The van der Waals surface area contributed by atoms with Gasteiger partial charge in [-0.25, -0.2) is 4.98 Å². The Morgan fingerprint density at radius 1 is 1.06 bits per heavy atom. The molecule has 0 atom stereocenters. The van der Waals surface area contributed by atoms with Crippen molar-refractivity contribution < 1.29 is 4.74 Å². The van der Waals surface area contributed by atoms with Crippen molar-refractivity contribution >= 4 is 22.9 Å². The van der Waals surface area contributed by atoms with Crippen LogP contribution in [-0.4, -0.2) is 52.8 Å². The van der Waals surface area contributed by atoms with Gasteiger partial charge in [0.15, 0.2) is 17.0 Å². The van der Waals surface area contributed by atoms with E-state index in [0.717, 1.165) is 66.1 Å². The number of imidazole rings is 1. The van der Waals surface area contributed by atoms with Gasteiger partial charge < -0.3 is 25.3 Å². The quantitative estimate of drug-likeness (QED) is 0.532. The van der Waals surface area contributed by atoms with E-state index in [1.807, 2.05) is 24.3 Å². The van der Waals surface area contributed by atoms with Crippen LogP contribution in [0.15, 0.2) is 24.3 Å². The highest BCUT2D eigenvalue weighted by molar-refractivity contribution is 5.88.